The molecule has 1 unspecified atom stereocenters. The van der Waals surface area contributed by atoms with Gasteiger partial charge in [-0.1, -0.05) is 0 Å². The first-order valence-electron chi connectivity index (χ1n) is 6.01. The second-order valence-corrected chi connectivity index (χ2v) is 4.33. The molecule has 0 spiro atoms. The van der Waals surface area contributed by atoms with Crippen molar-refractivity contribution in [2.45, 2.75) is 6.04 Å². The van der Waals surface area contributed by atoms with Gasteiger partial charge in [0.15, 0.2) is 0 Å². The average Bonchev–Trinajstić information content (AvgIpc) is 2.46. The molecule has 19 heavy (non-hydrogen) atoms. The lowest BCUT2D eigenvalue weighted by Crippen LogP contribution is -2.51. The lowest BCUT2D eigenvalue weighted by Gasteiger charge is -2.27. The molecule has 0 radical (unpaired) electrons. The Morgan fingerprint density at radius 3 is 2.58 bits per heavy atom. The first-order valence-corrected chi connectivity index (χ1v) is 6.01. The summed E-state index contributed by atoms with van der Waals surface area (Å²) >= 11 is 0. The van der Waals surface area contributed by atoms with Crippen molar-refractivity contribution in [3.05, 3.63) is 29.8 Å². The smallest absolute Gasteiger partial charge is 0.335 e. The molecule has 1 fully saturated rings. The molecule has 0 aromatic heterocycles. The van der Waals surface area contributed by atoms with Crippen LogP contribution in [0.5, 0.6) is 0 Å². The molecular weight excluding hydrogens is 248 g/mol. The molecule has 1 saturated heterocycles. The molecule has 102 valence electrons. The number of hydrogen-bond donors (Lipinski definition) is 2. The number of carboxylic acids is 1. The van der Waals surface area contributed by atoms with Gasteiger partial charge in [-0.3, -0.25) is 4.79 Å². The van der Waals surface area contributed by atoms with Crippen molar-refractivity contribution in [3.8, 4) is 0 Å². The fourth-order valence-electron chi connectivity index (χ4n) is 1.91. The van der Waals surface area contributed by atoms with Gasteiger partial charge in [-0.05, 0) is 24.3 Å². The van der Waals surface area contributed by atoms with Crippen LogP contribution in [0.1, 0.15) is 10.4 Å². The number of aromatic carboxylic acids is 1. The number of hydrogen-bond acceptors (Lipinski definition) is 4. The molecule has 2 rings (SSSR count). The summed E-state index contributed by atoms with van der Waals surface area (Å²) in [4.78, 5) is 24.4. The van der Waals surface area contributed by atoms with E-state index in [1.165, 1.54) is 17.0 Å². The monoisotopic (exact) mass is 264 g/mol. The number of carbonyl (C=O) groups is 2. The molecule has 1 aliphatic heterocycles. The van der Waals surface area contributed by atoms with Crippen molar-refractivity contribution in [1.82, 2.24) is 5.32 Å². The van der Waals surface area contributed by atoms with E-state index in [-0.39, 0.29) is 17.5 Å². The normalized spacial score (nSPS) is 18.9. The van der Waals surface area contributed by atoms with Gasteiger partial charge in [0.2, 0.25) is 5.91 Å². The number of rotatable bonds is 3. The summed E-state index contributed by atoms with van der Waals surface area (Å²) in [6.07, 6.45) is 0. The summed E-state index contributed by atoms with van der Waals surface area (Å²) in [5.74, 6) is -1.08. The first kappa shape index (κ1) is 13.5. The fourth-order valence-corrected chi connectivity index (χ4v) is 1.91. The number of nitrogens with one attached hydrogen (secondary N) is 1. The third-order valence-electron chi connectivity index (χ3n) is 3.05. The molecule has 6 nitrogen and oxygen atoms in total. The van der Waals surface area contributed by atoms with E-state index in [0.29, 0.717) is 25.4 Å². The molecule has 6 heteroatoms. The lowest BCUT2D eigenvalue weighted by atomic mass is 10.2. The topological polar surface area (TPSA) is 78.9 Å². The highest BCUT2D eigenvalue weighted by Crippen LogP contribution is 2.15. The van der Waals surface area contributed by atoms with E-state index in [4.69, 9.17) is 9.84 Å². The molecule has 2 N–H and O–H groups in total. The Labute approximate surface area is 111 Å². The minimum Gasteiger partial charge on any atom is -0.478 e. The summed E-state index contributed by atoms with van der Waals surface area (Å²) in [6, 6.07) is 5.84. The molecule has 0 saturated carbocycles. The zero-order valence-corrected chi connectivity index (χ0v) is 10.6. The third-order valence-corrected chi connectivity index (χ3v) is 3.05. The van der Waals surface area contributed by atoms with E-state index in [2.05, 4.69) is 5.32 Å². The van der Waals surface area contributed by atoms with Crippen LogP contribution in [-0.2, 0) is 9.53 Å². The number of nitrogens with zero attached hydrogens (tertiary/aromatic N) is 1. The van der Waals surface area contributed by atoms with Gasteiger partial charge in [-0.25, -0.2) is 4.79 Å². The van der Waals surface area contributed by atoms with Crippen molar-refractivity contribution in [1.29, 1.82) is 0 Å². The summed E-state index contributed by atoms with van der Waals surface area (Å²) < 4.78 is 5.25. The summed E-state index contributed by atoms with van der Waals surface area (Å²) in [7, 11) is 1.66. The molecular formula is C13H16N2O4. The van der Waals surface area contributed by atoms with Crippen LogP contribution in [0.2, 0.25) is 0 Å². The SMILES string of the molecule is CN(C(=O)C1COCCN1)c1ccc(C(=O)O)cc1. The van der Waals surface area contributed by atoms with E-state index in [1.54, 1.807) is 19.2 Å². The third kappa shape index (κ3) is 3.10. The number of morpholine rings is 1. The van der Waals surface area contributed by atoms with E-state index < -0.39 is 5.97 Å². The van der Waals surface area contributed by atoms with Gasteiger partial charge in [-0.2, -0.15) is 0 Å². The van der Waals surface area contributed by atoms with E-state index >= 15 is 0 Å². The predicted molar refractivity (Wildman–Crippen MR) is 69.4 cm³/mol. The number of likely N-dealkylation sites (N-methyl/N-ethyl adjacent to an activating group) is 1. The van der Waals surface area contributed by atoms with Gasteiger partial charge in [0, 0.05) is 19.3 Å². The molecule has 0 bridgehead atoms. The van der Waals surface area contributed by atoms with Crippen molar-refractivity contribution in [2.75, 3.05) is 31.7 Å². The maximum absolute atomic E-state index is 12.2. The lowest BCUT2D eigenvalue weighted by molar-refractivity contribution is -0.123. The number of carboxylic acid groups (broad SMARTS) is 1. The van der Waals surface area contributed by atoms with Crippen LogP contribution < -0.4 is 10.2 Å². The highest BCUT2D eigenvalue weighted by molar-refractivity contribution is 5.97. The number of anilines is 1. The Bertz CT molecular complexity index is 466. The Kier molecular flexibility index (Phi) is 4.13. The second kappa shape index (κ2) is 5.81. The first-order chi connectivity index (χ1) is 9.09. The summed E-state index contributed by atoms with van der Waals surface area (Å²) in [5.41, 5.74) is 0.853. The highest BCUT2D eigenvalue weighted by Gasteiger charge is 2.25. The fraction of sp³-hybridized carbons (Fsp3) is 0.385. The number of carbonyl (C=O) groups excluding carboxylic acids is 1. The van der Waals surface area contributed by atoms with Crippen molar-refractivity contribution >= 4 is 17.6 Å². The molecule has 0 aliphatic carbocycles. The molecule has 1 atom stereocenters. The van der Waals surface area contributed by atoms with Crippen LogP contribution in [0.3, 0.4) is 0 Å². The standard InChI is InChI=1S/C13H16N2O4/c1-15(12(16)11-8-19-7-6-14-11)10-4-2-9(3-5-10)13(17)18/h2-5,11,14H,6-8H2,1H3,(H,17,18). The van der Waals surface area contributed by atoms with Gasteiger partial charge in [0.25, 0.3) is 0 Å². The predicted octanol–water partition coefficient (Wildman–Crippen LogP) is 0.336. The second-order valence-electron chi connectivity index (χ2n) is 4.33. The Morgan fingerprint density at radius 2 is 2.05 bits per heavy atom. The number of ether oxygens (including phenoxy) is 1. The molecule has 1 aromatic rings. The van der Waals surface area contributed by atoms with Crippen LogP contribution in [0, 0.1) is 0 Å². The quantitative estimate of drug-likeness (QED) is 0.823. The number of amides is 1. The van der Waals surface area contributed by atoms with E-state index in [1.807, 2.05) is 0 Å². The van der Waals surface area contributed by atoms with Crippen LogP contribution in [0.15, 0.2) is 24.3 Å². The zero-order chi connectivity index (χ0) is 13.8. The van der Waals surface area contributed by atoms with Gasteiger partial charge in [0.05, 0.1) is 18.8 Å². The minimum absolute atomic E-state index is 0.0947. The van der Waals surface area contributed by atoms with Crippen LogP contribution in [0.25, 0.3) is 0 Å². The van der Waals surface area contributed by atoms with Crippen LogP contribution in [-0.4, -0.2) is 49.8 Å². The van der Waals surface area contributed by atoms with Gasteiger partial charge >= 0.3 is 5.97 Å². The molecule has 1 aliphatic rings. The molecule has 1 amide bonds. The van der Waals surface area contributed by atoms with E-state index in [9.17, 15) is 9.59 Å². The Balaban J connectivity index is 2.07. The zero-order valence-electron chi connectivity index (χ0n) is 10.6. The van der Waals surface area contributed by atoms with Gasteiger partial charge in [0.1, 0.15) is 6.04 Å². The van der Waals surface area contributed by atoms with Crippen molar-refractivity contribution < 1.29 is 19.4 Å². The van der Waals surface area contributed by atoms with E-state index in [0.717, 1.165) is 0 Å². The Hall–Kier alpha value is -1.92. The molecule has 1 aromatic carbocycles. The summed E-state index contributed by atoms with van der Waals surface area (Å²) in [5, 5.41) is 11.9. The maximum Gasteiger partial charge on any atom is 0.335 e. The van der Waals surface area contributed by atoms with Crippen molar-refractivity contribution in [3.63, 3.8) is 0 Å². The minimum atomic E-state index is -0.983. The van der Waals surface area contributed by atoms with Gasteiger partial charge in [-0.15, -0.1) is 0 Å². The Morgan fingerprint density at radius 1 is 1.37 bits per heavy atom. The highest BCUT2D eigenvalue weighted by atomic mass is 16.5. The molecule has 1 heterocycles. The van der Waals surface area contributed by atoms with Crippen molar-refractivity contribution in [2.24, 2.45) is 0 Å². The number of benzene rings is 1. The van der Waals surface area contributed by atoms with Gasteiger partial charge < -0.3 is 20.1 Å². The van der Waals surface area contributed by atoms with Crippen LogP contribution >= 0.6 is 0 Å². The average molecular weight is 264 g/mol. The summed E-state index contributed by atoms with van der Waals surface area (Å²) in [6.45, 7) is 1.62. The maximum atomic E-state index is 12.2. The largest absolute Gasteiger partial charge is 0.478 e. The van der Waals surface area contributed by atoms with Crippen LogP contribution in [0.4, 0.5) is 5.69 Å².